The number of hydrogen-bond donors (Lipinski definition) is 3. The molecule has 39 heavy (non-hydrogen) atoms. The van der Waals surface area contributed by atoms with Gasteiger partial charge in [-0.05, 0) is 26.2 Å². The summed E-state index contributed by atoms with van der Waals surface area (Å²) in [5.41, 5.74) is 4.56. The van der Waals surface area contributed by atoms with Crippen LogP contribution in [0.4, 0.5) is 23.0 Å². The molecule has 0 spiro atoms. The smallest absolute Gasteiger partial charge is 0.248 e. The van der Waals surface area contributed by atoms with Crippen LogP contribution in [0.1, 0.15) is 0 Å². The van der Waals surface area contributed by atoms with Gasteiger partial charge < -0.3 is 30.2 Å². The van der Waals surface area contributed by atoms with Crippen molar-refractivity contribution in [1.82, 2.24) is 19.9 Å². The molecule has 1 aliphatic rings. The molecular weight excluding hydrogens is 514 g/mol. The van der Waals surface area contributed by atoms with Crippen LogP contribution < -0.4 is 20.3 Å². The zero-order valence-corrected chi connectivity index (χ0v) is 22.8. The lowest BCUT2D eigenvalue weighted by Crippen LogP contribution is -2.57. The highest BCUT2D eigenvalue weighted by atomic mass is 35.5. The minimum absolute atomic E-state index is 0.263. The number of para-hydroxylation sites is 1. The number of hydrogen-bond acceptors (Lipinski definition) is 7. The fourth-order valence-corrected chi connectivity index (χ4v) is 4.70. The highest BCUT2D eigenvalue weighted by molar-refractivity contribution is 6.33. The van der Waals surface area contributed by atoms with E-state index in [2.05, 4.69) is 51.1 Å². The number of nitrogens with one attached hydrogen (secondary N) is 3. The summed E-state index contributed by atoms with van der Waals surface area (Å²) in [6, 6.07) is 12.1. The molecule has 0 radical (unpaired) electrons. The maximum Gasteiger partial charge on any atom is 0.248 e. The van der Waals surface area contributed by atoms with E-state index < -0.39 is 0 Å². The molecule has 0 unspecified atom stereocenters. The quantitative estimate of drug-likeness (QED) is 0.190. The van der Waals surface area contributed by atoms with Crippen LogP contribution in [0.3, 0.4) is 0 Å². The molecule has 4 aromatic rings. The number of anilines is 4. The zero-order chi connectivity index (χ0) is 27.5. The summed E-state index contributed by atoms with van der Waals surface area (Å²) in [5.74, 6) is 0.664. The molecule has 1 fully saturated rings. The second kappa shape index (κ2) is 11.2. The minimum atomic E-state index is -0.263. The van der Waals surface area contributed by atoms with Crippen LogP contribution in [0.25, 0.3) is 22.2 Å². The van der Waals surface area contributed by atoms with Gasteiger partial charge in [-0.15, -0.1) is 0 Å². The monoisotopic (exact) mass is 543 g/mol. The second-order valence-electron chi connectivity index (χ2n) is 9.44. The first-order chi connectivity index (χ1) is 18.9. The summed E-state index contributed by atoms with van der Waals surface area (Å²) in [7, 11) is 5.73. The van der Waals surface area contributed by atoms with Gasteiger partial charge in [-0.2, -0.15) is 0 Å². The number of amides is 1. The standard InChI is InChI=1S/C29H30ClN7O2/c1-5-6-11-27(38)33-23-12-24(26(39-4)13-25(23)37-16-18(17-37)36(2)3)34-29-32-15-21(30)28(35-29)20-14-31-22-10-8-7-9-19(20)22/h5-15,18,31H,1,16-17H2,2-4H3,(H,33,38)(H,32,34,35)/b11-6-. The number of benzene rings is 2. The Kier molecular flexibility index (Phi) is 7.53. The van der Waals surface area contributed by atoms with E-state index in [0.717, 1.165) is 35.2 Å². The van der Waals surface area contributed by atoms with Gasteiger partial charge in [0.2, 0.25) is 11.9 Å². The van der Waals surface area contributed by atoms with Crippen LogP contribution in [0.2, 0.25) is 5.02 Å². The average Bonchev–Trinajstić information content (AvgIpc) is 3.32. The third-order valence-corrected chi connectivity index (χ3v) is 7.00. The Morgan fingerprint density at radius 2 is 2.05 bits per heavy atom. The van der Waals surface area contributed by atoms with Crippen molar-refractivity contribution in [1.29, 1.82) is 0 Å². The molecule has 3 heterocycles. The van der Waals surface area contributed by atoms with Crippen LogP contribution in [0.15, 0.2) is 73.6 Å². The summed E-state index contributed by atoms with van der Waals surface area (Å²) >= 11 is 6.52. The molecule has 3 N–H and O–H groups in total. The fraction of sp³-hybridized carbons (Fsp3) is 0.207. The van der Waals surface area contributed by atoms with Gasteiger partial charge >= 0.3 is 0 Å². The first kappa shape index (κ1) is 26.3. The predicted octanol–water partition coefficient (Wildman–Crippen LogP) is 5.46. The fourth-order valence-electron chi connectivity index (χ4n) is 4.51. The highest BCUT2D eigenvalue weighted by Gasteiger charge is 2.31. The van der Waals surface area contributed by atoms with Crippen LogP contribution in [0, 0.1) is 0 Å². The van der Waals surface area contributed by atoms with Gasteiger partial charge in [0.05, 0.1) is 41.1 Å². The van der Waals surface area contributed by atoms with Crippen molar-refractivity contribution in [3.8, 4) is 17.0 Å². The van der Waals surface area contributed by atoms with Crippen molar-refractivity contribution < 1.29 is 9.53 Å². The Hall–Kier alpha value is -4.34. The molecule has 1 saturated heterocycles. The number of methoxy groups -OCH3 is 1. The van der Waals surface area contributed by atoms with E-state index in [1.165, 1.54) is 6.08 Å². The lowest BCUT2D eigenvalue weighted by molar-refractivity contribution is -0.111. The number of allylic oxidation sites excluding steroid dienone is 2. The van der Waals surface area contributed by atoms with Crippen molar-refractivity contribution in [3.05, 3.63) is 78.6 Å². The number of carbonyl (C=O) groups excluding carboxylic acids is 1. The van der Waals surface area contributed by atoms with Crippen LogP contribution in [-0.2, 0) is 4.79 Å². The molecule has 0 saturated carbocycles. The third kappa shape index (κ3) is 5.45. The van der Waals surface area contributed by atoms with Gasteiger partial charge in [-0.3, -0.25) is 4.79 Å². The molecule has 2 aromatic heterocycles. The Bertz CT molecular complexity index is 1560. The van der Waals surface area contributed by atoms with Gasteiger partial charge in [0.1, 0.15) is 5.75 Å². The first-order valence-corrected chi connectivity index (χ1v) is 12.8. The molecular formula is C29H30ClN7O2. The molecule has 9 nitrogen and oxygen atoms in total. The van der Waals surface area contributed by atoms with Crippen molar-refractivity contribution in [2.24, 2.45) is 0 Å². The van der Waals surface area contributed by atoms with E-state index in [1.54, 1.807) is 25.5 Å². The molecule has 0 aliphatic carbocycles. The van der Waals surface area contributed by atoms with E-state index in [1.807, 2.05) is 42.6 Å². The summed E-state index contributed by atoms with van der Waals surface area (Å²) < 4.78 is 5.73. The number of halogens is 1. The van der Waals surface area contributed by atoms with Gasteiger partial charge in [-0.1, -0.05) is 48.5 Å². The minimum Gasteiger partial charge on any atom is -0.494 e. The number of aromatic nitrogens is 3. The summed E-state index contributed by atoms with van der Waals surface area (Å²) in [6.07, 6.45) is 8.04. The summed E-state index contributed by atoms with van der Waals surface area (Å²) in [4.78, 5) is 29.4. The number of aromatic amines is 1. The maximum absolute atomic E-state index is 12.6. The Morgan fingerprint density at radius 3 is 2.79 bits per heavy atom. The number of carbonyl (C=O) groups is 1. The Balaban J connectivity index is 1.50. The number of likely N-dealkylation sites (N-methyl/N-ethyl adjacent to an activating group) is 1. The Labute approximate surface area is 232 Å². The molecule has 0 atom stereocenters. The number of H-pyrrole nitrogens is 1. The van der Waals surface area contributed by atoms with Gasteiger partial charge in [0.25, 0.3) is 0 Å². The van der Waals surface area contributed by atoms with E-state index in [4.69, 9.17) is 21.3 Å². The van der Waals surface area contributed by atoms with E-state index in [-0.39, 0.29) is 5.91 Å². The molecule has 1 amide bonds. The van der Waals surface area contributed by atoms with Crippen LogP contribution in [-0.4, -0.2) is 66.1 Å². The largest absolute Gasteiger partial charge is 0.494 e. The molecule has 0 bridgehead atoms. The maximum atomic E-state index is 12.6. The van der Waals surface area contributed by atoms with Crippen molar-refractivity contribution in [3.63, 3.8) is 0 Å². The molecule has 200 valence electrons. The molecule has 10 heteroatoms. The predicted molar refractivity (Wildman–Crippen MR) is 158 cm³/mol. The molecule has 5 rings (SSSR count). The lowest BCUT2D eigenvalue weighted by Gasteiger charge is -2.45. The summed E-state index contributed by atoms with van der Waals surface area (Å²) in [5, 5.41) is 7.69. The van der Waals surface area contributed by atoms with E-state index in [9.17, 15) is 4.79 Å². The van der Waals surface area contributed by atoms with Crippen molar-refractivity contribution in [2.45, 2.75) is 6.04 Å². The van der Waals surface area contributed by atoms with E-state index >= 15 is 0 Å². The van der Waals surface area contributed by atoms with E-state index in [0.29, 0.717) is 39.8 Å². The first-order valence-electron chi connectivity index (χ1n) is 12.5. The van der Waals surface area contributed by atoms with Crippen LogP contribution in [0.5, 0.6) is 5.75 Å². The normalized spacial score (nSPS) is 13.6. The SMILES string of the molecule is C=C/C=C\C(=O)Nc1cc(Nc2ncc(Cl)c(-c3c[nH]c4ccccc34)n2)c(OC)cc1N1CC(N(C)C)C1. The van der Waals surface area contributed by atoms with Gasteiger partial charge in [0.15, 0.2) is 0 Å². The number of fused-ring (bicyclic) bond motifs is 1. The van der Waals surface area contributed by atoms with Gasteiger partial charge in [-0.25, -0.2) is 9.97 Å². The third-order valence-electron chi connectivity index (χ3n) is 6.73. The molecule has 1 aliphatic heterocycles. The topological polar surface area (TPSA) is 98.4 Å². The van der Waals surface area contributed by atoms with Crippen molar-refractivity contribution >= 4 is 51.4 Å². The number of rotatable bonds is 9. The summed E-state index contributed by atoms with van der Waals surface area (Å²) in [6.45, 7) is 5.30. The van der Waals surface area contributed by atoms with Crippen LogP contribution >= 0.6 is 11.6 Å². The lowest BCUT2D eigenvalue weighted by atomic mass is 10.0. The van der Waals surface area contributed by atoms with Gasteiger partial charge in [0, 0.05) is 53.9 Å². The number of nitrogens with zero attached hydrogens (tertiary/aromatic N) is 4. The average molecular weight is 544 g/mol. The highest BCUT2D eigenvalue weighted by Crippen LogP contribution is 2.40. The Morgan fingerprint density at radius 1 is 1.26 bits per heavy atom. The zero-order valence-electron chi connectivity index (χ0n) is 22.0. The molecule has 2 aromatic carbocycles. The number of ether oxygens (including phenoxy) is 1. The van der Waals surface area contributed by atoms with Crippen molar-refractivity contribution in [2.75, 3.05) is 49.8 Å². The second-order valence-corrected chi connectivity index (χ2v) is 9.85.